The van der Waals surface area contributed by atoms with Crippen LogP contribution in [0.1, 0.15) is 56.0 Å². The highest BCUT2D eigenvalue weighted by molar-refractivity contribution is 7.18. The monoisotopic (exact) mass is 496 g/mol. The van der Waals surface area contributed by atoms with E-state index in [2.05, 4.69) is 5.43 Å². The molecule has 1 aliphatic carbocycles. The summed E-state index contributed by atoms with van der Waals surface area (Å²) in [6, 6.07) is 3.15. The number of benzene rings is 1. The summed E-state index contributed by atoms with van der Waals surface area (Å²) in [7, 11) is 0. The van der Waals surface area contributed by atoms with Crippen molar-refractivity contribution in [3.63, 3.8) is 0 Å². The van der Waals surface area contributed by atoms with Gasteiger partial charge in [-0.25, -0.2) is 4.98 Å². The van der Waals surface area contributed by atoms with Crippen LogP contribution >= 0.6 is 11.3 Å². The molecule has 1 aliphatic heterocycles. The lowest BCUT2D eigenvalue weighted by Gasteiger charge is -2.35. The van der Waals surface area contributed by atoms with E-state index < -0.39 is 23.4 Å². The number of aliphatic hydroxyl groups excluding tert-OH is 1. The molecule has 1 aromatic heterocycles. The predicted octanol–water partition coefficient (Wildman–Crippen LogP) is 3.93. The Morgan fingerprint density at radius 2 is 1.91 bits per heavy atom. The van der Waals surface area contributed by atoms with E-state index in [0.29, 0.717) is 16.1 Å². The van der Waals surface area contributed by atoms with E-state index in [-0.39, 0.29) is 29.5 Å². The van der Waals surface area contributed by atoms with Gasteiger partial charge in [0.25, 0.3) is 5.91 Å². The minimum atomic E-state index is -4.73. The van der Waals surface area contributed by atoms with E-state index in [1.807, 2.05) is 0 Å². The topological polar surface area (TPSA) is 112 Å². The Balaban J connectivity index is 1.80. The molecule has 184 valence electrons. The fraction of sp³-hybridized carbons (Fsp3) is 0.478. The number of primary amides is 1. The Labute approximate surface area is 198 Å². The van der Waals surface area contributed by atoms with Gasteiger partial charge < -0.3 is 15.9 Å². The number of halogens is 3. The molecular formula is C23H27F3N4O3S. The van der Waals surface area contributed by atoms with Gasteiger partial charge in [-0.1, -0.05) is 0 Å². The van der Waals surface area contributed by atoms with E-state index in [1.165, 1.54) is 25.2 Å². The maximum atomic E-state index is 13.9. The first-order valence-electron chi connectivity index (χ1n) is 11.0. The van der Waals surface area contributed by atoms with Crippen molar-refractivity contribution >= 4 is 33.1 Å². The van der Waals surface area contributed by atoms with Crippen molar-refractivity contribution in [1.29, 1.82) is 0 Å². The van der Waals surface area contributed by atoms with Crippen LogP contribution in [0.5, 0.6) is 0 Å². The molecule has 0 atom stereocenters. The standard InChI is InChI=1S/C23H27F3N4O3S/c1-22(2,33)14-9-16-18(34-21(28-16)13-5-3-12(11-31)4-6-13)10-17(14)30-19(23(24,25)26)8-7-15(29-30)20(27)32/h7-10,12-13,29,31,33H,3-6,11H2,1-2H3,(H2,27,32). The largest absolute Gasteiger partial charge is 0.433 e. The van der Waals surface area contributed by atoms with E-state index in [0.717, 1.165) is 47.9 Å². The first-order chi connectivity index (χ1) is 15.9. The van der Waals surface area contributed by atoms with Crippen LogP contribution in [0.25, 0.3) is 10.2 Å². The van der Waals surface area contributed by atoms with Crippen LogP contribution in [0.3, 0.4) is 0 Å². The van der Waals surface area contributed by atoms with Gasteiger partial charge in [0.2, 0.25) is 0 Å². The Morgan fingerprint density at radius 3 is 2.47 bits per heavy atom. The Kier molecular flexibility index (Phi) is 6.38. The molecule has 0 bridgehead atoms. The Morgan fingerprint density at radius 1 is 1.24 bits per heavy atom. The molecule has 1 saturated carbocycles. The SMILES string of the molecule is CC(C)(O)c1cc2nc(C3CCC(CO)CC3)sc2cc1N1NC(C(N)=O)=CC=C1C(F)(F)F. The van der Waals surface area contributed by atoms with Crippen LogP contribution in [0.15, 0.2) is 35.7 Å². The molecule has 2 aliphatic rings. The van der Waals surface area contributed by atoms with Gasteiger partial charge >= 0.3 is 6.18 Å². The molecular weight excluding hydrogens is 469 g/mol. The first kappa shape index (κ1) is 24.5. The molecule has 1 aromatic carbocycles. The van der Waals surface area contributed by atoms with Crippen molar-refractivity contribution in [2.24, 2.45) is 11.7 Å². The van der Waals surface area contributed by atoms with Gasteiger partial charge in [-0.3, -0.25) is 15.2 Å². The number of hydrogen-bond acceptors (Lipinski definition) is 7. The minimum Gasteiger partial charge on any atom is -0.396 e. The summed E-state index contributed by atoms with van der Waals surface area (Å²) < 4.78 is 42.3. The zero-order valence-electron chi connectivity index (χ0n) is 18.8. The van der Waals surface area contributed by atoms with Gasteiger partial charge in [-0.15, -0.1) is 11.3 Å². The number of allylic oxidation sites excluding steroid dienone is 3. The number of amides is 1. The fourth-order valence-corrected chi connectivity index (χ4v) is 5.58. The van der Waals surface area contributed by atoms with E-state index in [1.54, 1.807) is 12.1 Å². The summed E-state index contributed by atoms with van der Waals surface area (Å²) in [5.41, 5.74) is 5.87. The van der Waals surface area contributed by atoms with Crippen molar-refractivity contribution in [3.05, 3.63) is 46.2 Å². The van der Waals surface area contributed by atoms with E-state index >= 15 is 0 Å². The number of anilines is 1. The van der Waals surface area contributed by atoms with Crippen LogP contribution in [0.2, 0.25) is 0 Å². The molecule has 0 radical (unpaired) electrons. The second-order valence-electron chi connectivity index (χ2n) is 9.29. The van der Waals surface area contributed by atoms with Crippen molar-refractivity contribution < 1.29 is 28.2 Å². The second-order valence-corrected chi connectivity index (χ2v) is 10.4. The number of thiazole rings is 1. The normalized spacial score (nSPS) is 21.8. The summed E-state index contributed by atoms with van der Waals surface area (Å²) >= 11 is 1.41. The lowest BCUT2D eigenvalue weighted by Crippen LogP contribution is -2.47. The third kappa shape index (κ3) is 4.77. The number of nitrogens with zero attached hydrogens (tertiary/aromatic N) is 2. The third-order valence-corrected chi connectivity index (χ3v) is 7.49. The first-order valence-corrected chi connectivity index (χ1v) is 11.8. The zero-order chi connectivity index (χ0) is 24.8. The number of hydrogen-bond donors (Lipinski definition) is 4. The van der Waals surface area contributed by atoms with E-state index in [4.69, 9.17) is 10.7 Å². The Hall–Kier alpha value is -2.63. The highest BCUT2D eigenvalue weighted by atomic mass is 32.1. The van der Waals surface area contributed by atoms with E-state index in [9.17, 15) is 28.2 Å². The summed E-state index contributed by atoms with van der Waals surface area (Å²) in [6.45, 7) is 3.13. The van der Waals surface area contributed by atoms with Gasteiger partial charge in [0.05, 0.1) is 26.5 Å². The molecule has 1 fully saturated rings. The van der Waals surface area contributed by atoms with Gasteiger partial charge in [0.15, 0.2) is 0 Å². The molecule has 5 N–H and O–H groups in total. The van der Waals surface area contributed by atoms with Crippen molar-refractivity contribution in [1.82, 2.24) is 10.4 Å². The minimum absolute atomic E-state index is 0.0506. The Bertz CT molecular complexity index is 1160. The number of carbonyl (C=O) groups is 1. The molecule has 1 amide bonds. The highest BCUT2D eigenvalue weighted by Crippen LogP contribution is 2.43. The fourth-order valence-electron chi connectivity index (χ4n) is 4.43. The number of nitrogens with one attached hydrogen (secondary N) is 1. The molecule has 7 nitrogen and oxygen atoms in total. The molecule has 0 unspecified atom stereocenters. The number of alkyl halides is 3. The number of aromatic nitrogens is 1. The van der Waals surface area contributed by atoms with Crippen LogP contribution in [0.4, 0.5) is 18.9 Å². The lowest BCUT2D eigenvalue weighted by atomic mass is 9.83. The van der Waals surface area contributed by atoms with Crippen LogP contribution < -0.4 is 16.2 Å². The zero-order valence-corrected chi connectivity index (χ0v) is 19.6. The maximum Gasteiger partial charge on any atom is 0.433 e. The smallest absolute Gasteiger partial charge is 0.396 e. The van der Waals surface area contributed by atoms with Crippen molar-refractivity contribution in [2.45, 2.75) is 57.2 Å². The van der Waals surface area contributed by atoms with Gasteiger partial charge in [-0.2, -0.15) is 13.2 Å². The molecule has 11 heteroatoms. The average Bonchev–Trinajstić information content (AvgIpc) is 3.20. The van der Waals surface area contributed by atoms with Gasteiger partial charge in [0.1, 0.15) is 11.4 Å². The van der Waals surface area contributed by atoms with Gasteiger partial charge in [-0.05, 0) is 69.7 Å². The molecule has 4 rings (SSSR count). The molecule has 2 heterocycles. The third-order valence-electron chi connectivity index (χ3n) is 6.31. The quantitative estimate of drug-likeness (QED) is 0.499. The number of carbonyl (C=O) groups excluding carboxylic acids is 1. The van der Waals surface area contributed by atoms with Gasteiger partial charge in [0, 0.05) is 18.1 Å². The van der Waals surface area contributed by atoms with Crippen molar-refractivity contribution in [2.75, 3.05) is 11.6 Å². The molecule has 34 heavy (non-hydrogen) atoms. The van der Waals surface area contributed by atoms with Crippen LogP contribution in [-0.4, -0.2) is 33.9 Å². The highest BCUT2D eigenvalue weighted by Gasteiger charge is 2.42. The molecule has 0 saturated heterocycles. The van der Waals surface area contributed by atoms with Crippen molar-refractivity contribution in [3.8, 4) is 0 Å². The summed E-state index contributed by atoms with van der Waals surface area (Å²) in [5.74, 6) is -0.395. The number of fused-ring (bicyclic) bond motifs is 1. The lowest BCUT2D eigenvalue weighted by molar-refractivity contribution is -0.115. The number of hydrazine groups is 1. The number of rotatable bonds is 5. The second kappa shape index (κ2) is 8.86. The van der Waals surface area contributed by atoms with Crippen LogP contribution in [0, 0.1) is 5.92 Å². The number of aliphatic hydroxyl groups is 2. The number of nitrogens with two attached hydrogens (primary N) is 1. The summed E-state index contributed by atoms with van der Waals surface area (Å²) in [5, 5.41) is 21.9. The predicted molar refractivity (Wildman–Crippen MR) is 124 cm³/mol. The maximum absolute atomic E-state index is 13.9. The summed E-state index contributed by atoms with van der Waals surface area (Å²) in [6.07, 6.45) is 0.607. The summed E-state index contributed by atoms with van der Waals surface area (Å²) in [4.78, 5) is 16.4. The molecule has 2 aromatic rings. The molecule has 0 spiro atoms. The average molecular weight is 497 g/mol. The van der Waals surface area contributed by atoms with Crippen LogP contribution in [-0.2, 0) is 10.4 Å².